The van der Waals surface area contributed by atoms with Crippen LogP contribution in [0, 0.1) is 0 Å². The van der Waals surface area contributed by atoms with E-state index in [1.54, 1.807) is 6.07 Å². The Bertz CT molecular complexity index is 629. The van der Waals surface area contributed by atoms with Gasteiger partial charge in [-0.2, -0.15) is 13.2 Å². The van der Waals surface area contributed by atoms with Gasteiger partial charge in [-0.25, -0.2) is 0 Å². The Morgan fingerprint density at radius 1 is 1.25 bits per heavy atom. The molecule has 0 saturated heterocycles. The minimum Gasteiger partial charge on any atom is -0.322 e. The number of hydrogen-bond acceptors (Lipinski definition) is 2. The van der Waals surface area contributed by atoms with Crippen molar-refractivity contribution in [1.82, 2.24) is 4.98 Å². The lowest BCUT2D eigenvalue weighted by Gasteiger charge is -2.11. The van der Waals surface area contributed by atoms with E-state index in [0.717, 1.165) is 12.1 Å². The molecule has 1 aromatic carbocycles. The first-order valence-electron chi connectivity index (χ1n) is 5.46. The van der Waals surface area contributed by atoms with Crippen molar-refractivity contribution in [2.45, 2.75) is 6.18 Å². The molecule has 7 heteroatoms. The molecule has 1 amide bonds. The third kappa shape index (κ3) is 3.27. The van der Waals surface area contributed by atoms with Crippen LogP contribution in [0.5, 0.6) is 0 Å². The molecular weight excluding hydrogens is 293 g/mol. The van der Waals surface area contributed by atoms with Crippen molar-refractivity contribution in [3.63, 3.8) is 0 Å². The van der Waals surface area contributed by atoms with Crippen molar-refractivity contribution in [1.29, 1.82) is 0 Å². The van der Waals surface area contributed by atoms with Crippen molar-refractivity contribution >= 4 is 23.2 Å². The van der Waals surface area contributed by atoms with Crippen LogP contribution >= 0.6 is 11.6 Å². The van der Waals surface area contributed by atoms with Crippen molar-refractivity contribution in [2.75, 3.05) is 5.32 Å². The second-order valence-corrected chi connectivity index (χ2v) is 4.30. The number of rotatable bonds is 2. The van der Waals surface area contributed by atoms with Gasteiger partial charge in [0.2, 0.25) is 0 Å². The quantitative estimate of drug-likeness (QED) is 0.910. The molecular formula is C13H8ClF3N2O. The highest BCUT2D eigenvalue weighted by Gasteiger charge is 2.33. The fraction of sp³-hybridized carbons (Fsp3) is 0.0769. The lowest BCUT2D eigenvalue weighted by molar-refractivity contribution is -0.137. The standard InChI is InChI=1S/C13H8ClF3N2O/c14-11-4-3-9(6-10(11)13(15,16)17)19-12(20)8-2-1-5-18-7-8/h1-7H,(H,19,20). The van der Waals surface area contributed by atoms with E-state index in [-0.39, 0.29) is 11.3 Å². The second-order valence-electron chi connectivity index (χ2n) is 3.89. The highest BCUT2D eigenvalue weighted by molar-refractivity contribution is 6.31. The van der Waals surface area contributed by atoms with E-state index in [4.69, 9.17) is 11.6 Å². The summed E-state index contributed by atoms with van der Waals surface area (Å²) in [6.45, 7) is 0. The van der Waals surface area contributed by atoms with Gasteiger partial charge >= 0.3 is 6.18 Å². The summed E-state index contributed by atoms with van der Waals surface area (Å²) in [7, 11) is 0. The summed E-state index contributed by atoms with van der Waals surface area (Å²) in [5.74, 6) is -0.548. The Morgan fingerprint density at radius 2 is 2.00 bits per heavy atom. The normalized spacial score (nSPS) is 11.2. The molecule has 0 aliphatic heterocycles. The molecule has 104 valence electrons. The van der Waals surface area contributed by atoms with E-state index < -0.39 is 22.7 Å². The highest BCUT2D eigenvalue weighted by atomic mass is 35.5. The zero-order chi connectivity index (χ0) is 14.8. The predicted molar refractivity (Wildman–Crippen MR) is 68.6 cm³/mol. The first kappa shape index (κ1) is 14.3. The van der Waals surface area contributed by atoms with Gasteiger partial charge < -0.3 is 5.32 Å². The van der Waals surface area contributed by atoms with Crippen LogP contribution in [0.3, 0.4) is 0 Å². The monoisotopic (exact) mass is 300 g/mol. The maximum absolute atomic E-state index is 12.7. The minimum atomic E-state index is -4.58. The number of benzene rings is 1. The first-order valence-corrected chi connectivity index (χ1v) is 5.84. The van der Waals surface area contributed by atoms with Gasteiger partial charge in [-0.15, -0.1) is 0 Å². The Kier molecular flexibility index (Phi) is 3.94. The van der Waals surface area contributed by atoms with Crippen LogP contribution in [0.1, 0.15) is 15.9 Å². The third-order valence-electron chi connectivity index (χ3n) is 2.45. The smallest absolute Gasteiger partial charge is 0.322 e. The number of aromatic nitrogens is 1. The molecule has 0 fully saturated rings. The zero-order valence-corrected chi connectivity index (χ0v) is 10.7. The minimum absolute atomic E-state index is 0.00979. The largest absolute Gasteiger partial charge is 0.417 e. The average molecular weight is 301 g/mol. The summed E-state index contributed by atoms with van der Waals surface area (Å²) in [5, 5.41) is 1.94. The number of pyridine rings is 1. The Labute approximate surface area is 117 Å². The van der Waals surface area contributed by atoms with Crippen LogP contribution in [0.15, 0.2) is 42.7 Å². The number of carbonyl (C=O) groups excluding carboxylic acids is 1. The van der Waals surface area contributed by atoms with E-state index in [1.807, 2.05) is 0 Å². The molecule has 20 heavy (non-hydrogen) atoms. The molecule has 1 aromatic heterocycles. The summed E-state index contributed by atoms with van der Waals surface area (Å²) >= 11 is 5.49. The van der Waals surface area contributed by atoms with Crippen LogP contribution < -0.4 is 5.32 Å². The number of carbonyl (C=O) groups is 1. The van der Waals surface area contributed by atoms with E-state index in [1.165, 1.54) is 24.5 Å². The van der Waals surface area contributed by atoms with Gasteiger partial charge in [-0.3, -0.25) is 9.78 Å². The molecule has 0 spiro atoms. The fourth-order valence-corrected chi connectivity index (χ4v) is 1.75. The van der Waals surface area contributed by atoms with E-state index >= 15 is 0 Å². The molecule has 2 aromatic rings. The van der Waals surface area contributed by atoms with Gasteiger partial charge in [0.05, 0.1) is 16.1 Å². The molecule has 1 heterocycles. The number of hydrogen-bond donors (Lipinski definition) is 1. The third-order valence-corrected chi connectivity index (χ3v) is 2.78. The number of anilines is 1. The average Bonchev–Trinajstić information content (AvgIpc) is 2.40. The predicted octanol–water partition coefficient (Wildman–Crippen LogP) is 4.01. The summed E-state index contributed by atoms with van der Waals surface area (Å²) in [6, 6.07) is 6.23. The number of halogens is 4. The van der Waals surface area contributed by atoms with E-state index in [9.17, 15) is 18.0 Å². The second kappa shape index (κ2) is 5.50. The number of nitrogens with zero attached hydrogens (tertiary/aromatic N) is 1. The lowest BCUT2D eigenvalue weighted by atomic mass is 10.2. The topological polar surface area (TPSA) is 42.0 Å². The molecule has 0 atom stereocenters. The van der Waals surface area contributed by atoms with Crippen molar-refractivity contribution in [2.24, 2.45) is 0 Å². The van der Waals surface area contributed by atoms with Gasteiger partial charge in [-0.1, -0.05) is 11.6 Å². The summed E-state index contributed by atoms with van der Waals surface area (Å²) in [6.07, 6.45) is -1.77. The maximum Gasteiger partial charge on any atom is 0.417 e. The van der Waals surface area contributed by atoms with Crippen LogP contribution in [0.25, 0.3) is 0 Å². The molecule has 0 bridgehead atoms. The maximum atomic E-state index is 12.7. The molecule has 0 aliphatic rings. The van der Waals surface area contributed by atoms with Gasteiger partial charge in [0, 0.05) is 18.1 Å². The van der Waals surface area contributed by atoms with Gasteiger partial charge in [0.1, 0.15) is 0 Å². The summed E-state index contributed by atoms with van der Waals surface area (Å²) in [4.78, 5) is 15.6. The van der Waals surface area contributed by atoms with Crippen molar-refractivity contribution < 1.29 is 18.0 Å². The summed E-state index contributed by atoms with van der Waals surface area (Å²) < 4.78 is 38.0. The van der Waals surface area contributed by atoms with E-state index in [0.29, 0.717) is 0 Å². The molecule has 0 aliphatic carbocycles. The molecule has 0 radical (unpaired) electrons. The SMILES string of the molecule is O=C(Nc1ccc(Cl)c(C(F)(F)F)c1)c1cccnc1. The molecule has 1 N–H and O–H groups in total. The molecule has 2 rings (SSSR count). The number of amides is 1. The van der Waals surface area contributed by atoms with Gasteiger partial charge in [0.15, 0.2) is 0 Å². The van der Waals surface area contributed by atoms with Gasteiger partial charge in [-0.05, 0) is 30.3 Å². The summed E-state index contributed by atoms with van der Waals surface area (Å²) in [5.41, 5.74) is -0.741. The zero-order valence-electron chi connectivity index (χ0n) is 9.91. The Hall–Kier alpha value is -2.08. The molecule has 0 saturated carbocycles. The number of nitrogens with one attached hydrogen (secondary N) is 1. The highest BCUT2D eigenvalue weighted by Crippen LogP contribution is 2.36. The number of alkyl halides is 3. The van der Waals surface area contributed by atoms with Crippen LogP contribution in [0.4, 0.5) is 18.9 Å². The first-order chi connectivity index (χ1) is 9.38. The lowest BCUT2D eigenvalue weighted by Crippen LogP contribution is -2.13. The van der Waals surface area contributed by atoms with Crippen molar-refractivity contribution in [3.8, 4) is 0 Å². The van der Waals surface area contributed by atoms with Crippen LogP contribution in [-0.2, 0) is 6.18 Å². The van der Waals surface area contributed by atoms with Crippen LogP contribution in [-0.4, -0.2) is 10.9 Å². The van der Waals surface area contributed by atoms with Crippen LogP contribution in [0.2, 0.25) is 5.02 Å². The Balaban J connectivity index is 2.25. The van der Waals surface area contributed by atoms with Crippen molar-refractivity contribution in [3.05, 3.63) is 58.9 Å². The van der Waals surface area contributed by atoms with Gasteiger partial charge in [0.25, 0.3) is 5.91 Å². The van der Waals surface area contributed by atoms with E-state index in [2.05, 4.69) is 10.3 Å². The fourth-order valence-electron chi connectivity index (χ4n) is 1.52. The Morgan fingerprint density at radius 3 is 2.60 bits per heavy atom. The molecule has 3 nitrogen and oxygen atoms in total. The molecule has 0 unspecified atom stereocenters.